The van der Waals surface area contributed by atoms with E-state index in [-0.39, 0.29) is 20.1 Å². The lowest BCUT2D eigenvalue weighted by atomic mass is 10.3. The fourth-order valence-corrected chi connectivity index (χ4v) is 3.93. The van der Waals surface area contributed by atoms with Crippen molar-refractivity contribution in [3.8, 4) is 0 Å². The van der Waals surface area contributed by atoms with E-state index in [1.165, 1.54) is 24.3 Å². The molecule has 106 valence electrons. The van der Waals surface area contributed by atoms with Crippen molar-refractivity contribution < 1.29 is 12.8 Å². The summed E-state index contributed by atoms with van der Waals surface area (Å²) in [5.74, 6) is -0.477. The van der Waals surface area contributed by atoms with Gasteiger partial charge >= 0.3 is 0 Å². The van der Waals surface area contributed by atoms with Gasteiger partial charge in [0.05, 0.1) is 15.2 Å². The molecule has 8 heteroatoms. The van der Waals surface area contributed by atoms with Gasteiger partial charge in [-0.3, -0.25) is 4.72 Å². The minimum absolute atomic E-state index is 0.0529. The lowest BCUT2D eigenvalue weighted by Gasteiger charge is -2.10. The number of rotatable bonds is 3. The highest BCUT2D eigenvalue weighted by molar-refractivity contribution is 9.10. The average Bonchev–Trinajstić information content (AvgIpc) is 2.33. The van der Waals surface area contributed by atoms with E-state index in [0.717, 1.165) is 6.07 Å². The Hall–Kier alpha value is -0.630. The van der Waals surface area contributed by atoms with Crippen molar-refractivity contribution >= 4 is 59.2 Å². The predicted molar refractivity (Wildman–Crippen MR) is 84.1 cm³/mol. The van der Waals surface area contributed by atoms with Crippen LogP contribution in [0.2, 0.25) is 5.02 Å². The minimum Gasteiger partial charge on any atom is -0.280 e. The standard InChI is InChI=1S/C12H7Br2ClFNO2S/c13-7-1-4-12(10(15)5-7)20(18,19)17-8-2-3-11(16)9(14)6-8/h1-6,17H. The summed E-state index contributed by atoms with van der Waals surface area (Å²) in [6.07, 6.45) is 0. The summed E-state index contributed by atoms with van der Waals surface area (Å²) in [6.45, 7) is 0. The fourth-order valence-electron chi connectivity index (χ4n) is 1.46. The highest BCUT2D eigenvalue weighted by atomic mass is 79.9. The van der Waals surface area contributed by atoms with Gasteiger partial charge in [0.15, 0.2) is 0 Å². The van der Waals surface area contributed by atoms with Crippen LogP contribution in [0.15, 0.2) is 50.2 Å². The Balaban J connectivity index is 2.38. The Kier molecular flexibility index (Phi) is 4.73. The molecule has 0 saturated heterocycles. The van der Waals surface area contributed by atoms with Crippen LogP contribution in [0.1, 0.15) is 0 Å². The van der Waals surface area contributed by atoms with Crippen LogP contribution in [0.25, 0.3) is 0 Å². The Morgan fingerprint density at radius 3 is 2.40 bits per heavy atom. The van der Waals surface area contributed by atoms with E-state index in [0.29, 0.717) is 4.47 Å². The van der Waals surface area contributed by atoms with Crippen LogP contribution in [-0.2, 0) is 10.0 Å². The molecule has 0 saturated carbocycles. The SMILES string of the molecule is O=S(=O)(Nc1ccc(F)c(Br)c1)c1ccc(Br)cc1Cl. The Labute approximate surface area is 137 Å². The highest BCUT2D eigenvalue weighted by Crippen LogP contribution is 2.28. The Morgan fingerprint density at radius 1 is 1.10 bits per heavy atom. The molecule has 0 heterocycles. The molecule has 1 N–H and O–H groups in total. The topological polar surface area (TPSA) is 46.2 Å². The maximum atomic E-state index is 13.1. The van der Waals surface area contributed by atoms with Crippen molar-refractivity contribution in [2.45, 2.75) is 4.90 Å². The van der Waals surface area contributed by atoms with Crippen LogP contribution in [0.3, 0.4) is 0 Å². The number of nitrogens with one attached hydrogen (secondary N) is 1. The second kappa shape index (κ2) is 6.01. The van der Waals surface area contributed by atoms with Crippen molar-refractivity contribution in [1.82, 2.24) is 0 Å². The van der Waals surface area contributed by atoms with Gasteiger partial charge in [-0.2, -0.15) is 0 Å². The van der Waals surface area contributed by atoms with Gasteiger partial charge in [-0.25, -0.2) is 12.8 Å². The van der Waals surface area contributed by atoms with Crippen LogP contribution in [0.4, 0.5) is 10.1 Å². The van der Waals surface area contributed by atoms with E-state index in [1.807, 2.05) is 0 Å². The largest absolute Gasteiger partial charge is 0.280 e. The van der Waals surface area contributed by atoms with E-state index in [9.17, 15) is 12.8 Å². The Morgan fingerprint density at radius 2 is 1.80 bits per heavy atom. The van der Waals surface area contributed by atoms with Crippen molar-refractivity contribution in [2.24, 2.45) is 0 Å². The Bertz CT molecular complexity index is 768. The summed E-state index contributed by atoms with van der Waals surface area (Å²) in [4.78, 5) is -0.0529. The maximum absolute atomic E-state index is 13.1. The number of benzene rings is 2. The smallest absolute Gasteiger partial charge is 0.263 e. The zero-order chi connectivity index (χ0) is 14.9. The predicted octanol–water partition coefficient (Wildman–Crippen LogP) is 4.80. The molecule has 0 spiro atoms. The monoisotopic (exact) mass is 441 g/mol. The van der Waals surface area contributed by atoms with E-state index in [2.05, 4.69) is 36.6 Å². The zero-order valence-corrected chi connectivity index (χ0v) is 14.4. The van der Waals surface area contributed by atoms with E-state index >= 15 is 0 Å². The quantitative estimate of drug-likeness (QED) is 0.741. The van der Waals surface area contributed by atoms with Crippen molar-refractivity contribution in [1.29, 1.82) is 0 Å². The number of halogens is 4. The molecule has 2 aromatic carbocycles. The molecular weight excluding hydrogens is 436 g/mol. The molecular formula is C12H7Br2ClFNO2S. The number of anilines is 1. The lowest BCUT2D eigenvalue weighted by molar-refractivity contribution is 0.601. The normalized spacial score (nSPS) is 11.4. The summed E-state index contributed by atoms with van der Waals surface area (Å²) in [7, 11) is -3.84. The molecule has 0 aliphatic rings. The van der Waals surface area contributed by atoms with Crippen LogP contribution in [0.5, 0.6) is 0 Å². The third-order valence-corrected chi connectivity index (χ3v) is 5.32. The van der Waals surface area contributed by atoms with Gasteiger partial charge in [0.25, 0.3) is 10.0 Å². The fraction of sp³-hybridized carbons (Fsp3) is 0. The van der Waals surface area contributed by atoms with Gasteiger partial charge in [0.1, 0.15) is 10.7 Å². The summed E-state index contributed by atoms with van der Waals surface area (Å²) < 4.78 is 40.7. The second-order valence-corrected chi connectivity index (χ2v) is 7.64. The first-order valence-electron chi connectivity index (χ1n) is 5.22. The molecule has 0 aliphatic carbocycles. The first-order valence-corrected chi connectivity index (χ1v) is 8.67. The van der Waals surface area contributed by atoms with Crippen molar-refractivity contribution in [3.05, 3.63) is 56.2 Å². The molecule has 20 heavy (non-hydrogen) atoms. The lowest BCUT2D eigenvalue weighted by Crippen LogP contribution is -2.13. The van der Waals surface area contributed by atoms with Gasteiger partial charge < -0.3 is 0 Å². The highest BCUT2D eigenvalue weighted by Gasteiger charge is 2.18. The van der Waals surface area contributed by atoms with E-state index in [1.54, 1.807) is 6.07 Å². The molecule has 0 bridgehead atoms. The molecule has 0 radical (unpaired) electrons. The first-order chi connectivity index (χ1) is 9.29. The van der Waals surface area contributed by atoms with Crippen LogP contribution < -0.4 is 4.72 Å². The molecule has 2 rings (SSSR count). The van der Waals surface area contributed by atoms with Crippen LogP contribution >= 0.6 is 43.5 Å². The molecule has 0 unspecified atom stereocenters. The van der Waals surface area contributed by atoms with Gasteiger partial charge in [-0.15, -0.1) is 0 Å². The maximum Gasteiger partial charge on any atom is 0.263 e. The molecule has 2 aromatic rings. The van der Waals surface area contributed by atoms with Crippen LogP contribution in [-0.4, -0.2) is 8.42 Å². The average molecular weight is 444 g/mol. The van der Waals surface area contributed by atoms with Gasteiger partial charge in [0.2, 0.25) is 0 Å². The molecule has 0 atom stereocenters. The van der Waals surface area contributed by atoms with Gasteiger partial charge in [-0.05, 0) is 52.3 Å². The molecule has 0 aromatic heterocycles. The number of sulfonamides is 1. The van der Waals surface area contributed by atoms with Crippen molar-refractivity contribution in [2.75, 3.05) is 4.72 Å². The molecule has 3 nitrogen and oxygen atoms in total. The van der Waals surface area contributed by atoms with E-state index < -0.39 is 15.8 Å². The van der Waals surface area contributed by atoms with Gasteiger partial charge in [-0.1, -0.05) is 27.5 Å². The first kappa shape index (κ1) is 15.8. The second-order valence-electron chi connectivity index (χ2n) is 3.81. The van der Waals surface area contributed by atoms with E-state index in [4.69, 9.17) is 11.6 Å². The third-order valence-electron chi connectivity index (χ3n) is 2.36. The van der Waals surface area contributed by atoms with Crippen LogP contribution in [0, 0.1) is 5.82 Å². The van der Waals surface area contributed by atoms with Gasteiger partial charge in [0, 0.05) is 4.47 Å². The third kappa shape index (κ3) is 3.52. The number of hydrogen-bond acceptors (Lipinski definition) is 2. The molecule has 0 aliphatic heterocycles. The number of hydrogen-bond donors (Lipinski definition) is 1. The zero-order valence-electron chi connectivity index (χ0n) is 9.70. The summed E-state index contributed by atoms with van der Waals surface area (Å²) in [6, 6.07) is 8.25. The summed E-state index contributed by atoms with van der Waals surface area (Å²) in [5, 5.41) is 0.0908. The molecule has 0 amide bonds. The minimum atomic E-state index is -3.84. The summed E-state index contributed by atoms with van der Waals surface area (Å²) >= 11 is 12.1. The van der Waals surface area contributed by atoms with Crippen molar-refractivity contribution in [3.63, 3.8) is 0 Å². The summed E-state index contributed by atoms with van der Waals surface area (Å²) in [5.41, 5.74) is 0.234. The molecule has 0 fully saturated rings.